The molecular formula is C17H20N2. The van der Waals surface area contributed by atoms with Crippen LogP contribution in [0.15, 0.2) is 36.5 Å². The molecule has 1 aliphatic carbocycles. The molecule has 1 saturated carbocycles. The second kappa shape index (κ2) is 5.04. The molecular weight excluding hydrogens is 232 g/mol. The van der Waals surface area contributed by atoms with Crippen LogP contribution in [-0.4, -0.2) is 11.0 Å². The van der Waals surface area contributed by atoms with Gasteiger partial charge in [0.1, 0.15) is 0 Å². The Kier molecular flexibility index (Phi) is 3.24. The van der Waals surface area contributed by atoms with Crippen molar-refractivity contribution in [2.24, 2.45) is 0 Å². The van der Waals surface area contributed by atoms with Crippen molar-refractivity contribution >= 4 is 5.69 Å². The smallest absolute Gasteiger partial charge is 0.0604 e. The van der Waals surface area contributed by atoms with Crippen LogP contribution < -0.4 is 5.32 Å². The lowest BCUT2D eigenvalue weighted by Gasteiger charge is -2.11. The van der Waals surface area contributed by atoms with Gasteiger partial charge in [0.15, 0.2) is 0 Å². The Morgan fingerprint density at radius 3 is 2.79 bits per heavy atom. The largest absolute Gasteiger partial charge is 0.381 e. The third kappa shape index (κ3) is 2.78. The number of hydrogen-bond donors (Lipinski definition) is 1. The second-order valence-electron chi connectivity index (χ2n) is 5.33. The predicted molar refractivity (Wildman–Crippen MR) is 80.4 cm³/mol. The summed E-state index contributed by atoms with van der Waals surface area (Å²) in [6.45, 7) is 4.25. The zero-order chi connectivity index (χ0) is 13.2. The first kappa shape index (κ1) is 12.2. The zero-order valence-electron chi connectivity index (χ0n) is 11.6. The molecule has 0 unspecified atom stereocenters. The first-order valence-electron chi connectivity index (χ1n) is 7.09. The number of benzene rings is 1. The SMILES string of the molecule is CCc1cccc(-c2cnc(C)c(NC3CC3)c2)c1. The molecule has 1 fully saturated rings. The Morgan fingerprint density at radius 1 is 1.21 bits per heavy atom. The van der Waals surface area contributed by atoms with Gasteiger partial charge in [-0.2, -0.15) is 0 Å². The number of aryl methyl sites for hydroxylation is 2. The maximum Gasteiger partial charge on any atom is 0.0604 e. The van der Waals surface area contributed by atoms with Crippen LogP contribution >= 0.6 is 0 Å². The minimum absolute atomic E-state index is 0.665. The van der Waals surface area contributed by atoms with Crippen LogP contribution in [0.2, 0.25) is 0 Å². The molecule has 0 amide bonds. The Labute approximate surface area is 114 Å². The molecule has 0 radical (unpaired) electrons. The summed E-state index contributed by atoms with van der Waals surface area (Å²) in [4.78, 5) is 4.53. The van der Waals surface area contributed by atoms with E-state index in [9.17, 15) is 0 Å². The van der Waals surface area contributed by atoms with Gasteiger partial charge in [0, 0.05) is 17.8 Å². The minimum Gasteiger partial charge on any atom is -0.381 e. The molecule has 1 aliphatic rings. The number of rotatable bonds is 4. The van der Waals surface area contributed by atoms with Crippen molar-refractivity contribution in [2.45, 2.75) is 39.2 Å². The maximum absolute atomic E-state index is 4.53. The molecule has 2 nitrogen and oxygen atoms in total. The van der Waals surface area contributed by atoms with E-state index in [2.05, 4.69) is 54.5 Å². The second-order valence-corrected chi connectivity index (χ2v) is 5.33. The number of anilines is 1. The van der Waals surface area contributed by atoms with E-state index in [1.54, 1.807) is 0 Å². The van der Waals surface area contributed by atoms with E-state index in [1.807, 2.05) is 6.20 Å². The highest BCUT2D eigenvalue weighted by Crippen LogP contribution is 2.29. The topological polar surface area (TPSA) is 24.9 Å². The zero-order valence-corrected chi connectivity index (χ0v) is 11.6. The van der Waals surface area contributed by atoms with Crippen molar-refractivity contribution in [2.75, 3.05) is 5.32 Å². The van der Waals surface area contributed by atoms with E-state index < -0.39 is 0 Å². The predicted octanol–water partition coefficient (Wildman–Crippen LogP) is 4.19. The number of nitrogens with one attached hydrogen (secondary N) is 1. The highest BCUT2D eigenvalue weighted by molar-refractivity contribution is 5.68. The monoisotopic (exact) mass is 252 g/mol. The molecule has 1 aromatic carbocycles. The summed E-state index contributed by atoms with van der Waals surface area (Å²) in [5, 5.41) is 3.56. The summed E-state index contributed by atoms with van der Waals surface area (Å²) in [5.74, 6) is 0. The average molecular weight is 252 g/mol. The molecule has 0 saturated heterocycles. The Bertz CT molecular complexity index is 586. The molecule has 1 heterocycles. The van der Waals surface area contributed by atoms with Crippen molar-refractivity contribution < 1.29 is 0 Å². The highest BCUT2D eigenvalue weighted by atomic mass is 15.0. The van der Waals surface area contributed by atoms with Crippen LogP contribution in [0.4, 0.5) is 5.69 Å². The lowest BCUT2D eigenvalue weighted by atomic mass is 10.0. The van der Waals surface area contributed by atoms with Crippen LogP contribution in [0.5, 0.6) is 0 Å². The molecule has 2 heteroatoms. The third-order valence-electron chi connectivity index (χ3n) is 3.69. The Morgan fingerprint density at radius 2 is 2.05 bits per heavy atom. The van der Waals surface area contributed by atoms with Crippen LogP contribution in [0.1, 0.15) is 31.0 Å². The molecule has 0 bridgehead atoms. The van der Waals surface area contributed by atoms with Gasteiger partial charge >= 0.3 is 0 Å². The van der Waals surface area contributed by atoms with Gasteiger partial charge in [-0.3, -0.25) is 4.98 Å². The molecule has 19 heavy (non-hydrogen) atoms. The van der Waals surface area contributed by atoms with Crippen molar-refractivity contribution in [1.82, 2.24) is 4.98 Å². The molecule has 1 N–H and O–H groups in total. The molecule has 0 atom stereocenters. The lowest BCUT2D eigenvalue weighted by Crippen LogP contribution is -2.03. The molecule has 3 rings (SSSR count). The van der Waals surface area contributed by atoms with E-state index in [-0.39, 0.29) is 0 Å². The molecule has 1 aromatic heterocycles. The minimum atomic E-state index is 0.665. The lowest BCUT2D eigenvalue weighted by molar-refractivity contribution is 1.11. The van der Waals surface area contributed by atoms with E-state index in [0.29, 0.717) is 6.04 Å². The number of hydrogen-bond acceptors (Lipinski definition) is 2. The van der Waals surface area contributed by atoms with Crippen LogP contribution in [0, 0.1) is 6.92 Å². The molecule has 2 aromatic rings. The third-order valence-corrected chi connectivity index (χ3v) is 3.69. The van der Waals surface area contributed by atoms with Crippen molar-refractivity contribution in [1.29, 1.82) is 0 Å². The van der Waals surface area contributed by atoms with Crippen molar-refractivity contribution in [3.05, 3.63) is 47.8 Å². The van der Waals surface area contributed by atoms with Gasteiger partial charge in [0.2, 0.25) is 0 Å². The van der Waals surface area contributed by atoms with E-state index in [4.69, 9.17) is 0 Å². The fraction of sp³-hybridized carbons (Fsp3) is 0.353. The summed E-state index contributed by atoms with van der Waals surface area (Å²) < 4.78 is 0. The van der Waals surface area contributed by atoms with Gasteiger partial charge < -0.3 is 5.32 Å². The number of aromatic nitrogens is 1. The van der Waals surface area contributed by atoms with E-state index >= 15 is 0 Å². The van der Waals surface area contributed by atoms with Gasteiger partial charge in [0.25, 0.3) is 0 Å². The molecule has 98 valence electrons. The summed E-state index contributed by atoms with van der Waals surface area (Å²) in [6.07, 6.45) is 5.62. The quantitative estimate of drug-likeness (QED) is 0.882. The van der Waals surface area contributed by atoms with Crippen LogP contribution in [0.25, 0.3) is 11.1 Å². The first-order chi connectivity index (χ1) is 9.26. The Balaban J connectivity index is 1.94. The standard InChI is InChI=1S/C17H20N2/c1-3-13-5-4-6-14(9-13)15-10-17(12(2)18-11-15)19-16-7-8-16/h4-6,9-11,16,19H,3,7-8H2,1-2H3. The summed E-state index contributed by atoms with van der Waals surface area (Å²) in [6, 6.07) is 11.6. The van der Waals surface area contributed by atoms with Crippen molar-refractivity contribution in [3.63, 3.8) is 0 Å². The maximum atomic E-state index is 4.53. The highest BCUT2D eigenvalue weighted by Gasteiger charge is 2.21. The van der Waals surface area contributed by atoms with Gasteiger partial charge in [-0.25, -0.2) is 0 Å². The average Bonchev–Trinajstić information content (AvgIpc) is 3.25. The van der Waals surface area contributed by atoms with Crippen LogP contribution in [0.3, 0.4) is 0 Å². The van der Waals surface area contributed by atoms with Gasteiger partial charge in [-0.1, -0.05) is 31.2 Å². The summed E-state index contributed by atoms with van der Waals surface area (Å²) in [7, 11) is 0. The van der Waals surface area contributed by atoms with Gasteiger partial charge in [0.05, 0.1) is 11.4 Å². The first-order valence-corrected chi connectivity index (χ1v) is 7.09. The van der Waals surface area contributed by atoms with Gasteiger partial charge in [-0.15, -0.1) is 0 Å². The fourth-order valence-corrected chi connectivity index (χ4v) is 2.26. The normalized spacial score (nSPS) is 14.4. The summed E-state index contributed by atoms with van der Waals surface area (Å²) >= 11 is 0. The van der Waals surface area contributed by atoms with E-state index in [1.165, 1.54) is 35.2 Å². The Hall–Kier alpha value is -1.83. The fourth-order valence-electron chi connectivity index (χ4n) is 2.26. The molecule has 0 spiro atoms. The van der Waals surface area contributed by atoms with E-state index in [0.717, 1.165) is 12.1 Å². The van der Waals surface area contributed by atoms with Crippen LogP contribution in [-0.2, 0) is 6.42 Å². The van der Waals surface area contributed by atoms with Gasteiger partial charge in [-0.05, 0) is 43.4 Å². The molecule has 0 aliphatic heterocycles. The van der Waals surface area contributed by atoms with Crippen molar-refractivity contribution in [3.8, 4) is 11.1 Å². The summed E-state index contributed by atoms with van der Waals surface area (Å²) in [5.41, 5.74) is 6.09. The number of pyridine rings is 1. The number of nitrogens with zero attached hydrogens (tertiary/aromatic N) is 1.